The van der Waals surface area contributed by atoms with Gasteiger partial charge in [0, 0.05) is 6.54 Å². The summed E-state index contributed by atoms with van der Waals surface area (Å²) >= 11 is 0. The number of carbonyl (C=O) groups excluding carboxylic acids is 1. The maximum atomic E-state index is 11.9. The van der Waals surface area contributed by atoms with Crippen molar-refractivity contribution < 1.29 is 4.79 Å². The number of fused-ring (bicyclic) bond motifs is 1. The van der Waals surface area contributed by atoms with Crippen LogP contribution in [0.3, 0.4) is 0 Å². The Labute approximate surface area is 118 Å². The van der Waals surface area contributed by atoms with Gasteiger partial charge in [0.25, 0.3) is 5.91 Å². The molecule has 0 radical (unpaired) electrons. The van der Waals surface area contributed by atoms with Gasteiger partial charge in [-0.25, -0.2) is 0 Å². The summed E-state index contributed by atoms with van der Waals surface area (Å²) in [6.07, 6.45) is 2.49. The molecule has 0 fully saturated rings. The zero-order valence-corrected chi connectivity index (χ0v) is 11.4. The zero-order valence-electron chi connectivity index (χ0n) is 11.4. The third-order valence-corrected chi connectivity index (χ3v) is 3.02. The van der Waals surface area contributed by atoms with Gasteiger partial charge in [0.2, 0.25) is 0 Å². The van der Waals surface area contributed by atoms with Gasteiger partial charge in [-0.2, -0.15) is 5.26 Å². The Morgan fingerprint density at radius 2 is 2.00 bits per heavy atom. The van der Waals surface area contributed by atoms with Crippen molar-refractivity contribution in [3.05, 3.63) is 53.6 Å². The smallest absolute Gasteiger partial charge is 0.261 e. The van der Waals surface area contributed by atoms with Gasteiger partial charge >= 0.3 is 0 Å². The minimum absolute atomic E-state index is 0.134. The fourth-order valence-corrected chi connectivity index (χ4v) is 2.01. The van der Waals surface area contributed by atoms with Crippen molar-refractivity contribution in [1.29, 1.82) is 5.26 Å². The fourth-order valence-electron chi connectivity index (χ4n) is 2.01. The van der Waals surface area contributed by atoms with Crippen LogP contribution in [0.5, 0.6) is 0 Å². The van der Waals surface area contributed by atoms with Gasteiger partial charge < -0.3 is 5.32 Å². The molecule has 0 unspecified atom stereocenters. The van der Waals surface area contributed by atoms with E-state index in [1.807, 2.05) is 55.5 Å². The molecule has 0 aliphatic carbocycles. The molecule has 2 aromatic carbocycles. The van der Waals surface area contributed by atoms with Crippen molar-refractivity contribution in [3.8, 4) is 6.07 Å². The number of benzene rings is 2. The molecule has 0 aliphatic heterocycles. The minimum atomic E-state index is -0.317. The molecular weight excluding hydrogens is 248 g/mol. The van der Waals surface area contributed by atoms with Gasteiger partial charge in [0.15, 0.2) is 0 Å². The van der Waals surface area contributed by atoms with Crippen molar-refractivity contribution in [2.24, 2.45) is 0 Å². The Morgan fingerprint density at radius 3 is 2.75 bits per heavy atom. The van der Waals surface area contributed by atoms with Gasteiger partial charge in [-0.1, -0.05) is 49.4 Å². The van der Waals surface area contributed by atoms with Crippen LogP contribution in [-0.2, 0) is 4.79 Å². The maximum absolute atomic E-state index is 11.9. The van der Waals surface area contributed by atoms with Crippen LogP contribution in [0.2, 0.25) is 0 Å². The Hall–Kier alpha value is -2.60. The summed E-state index contributed by atoms with van der Waals surface area (Å²) in [6, 6.07) is 15.7. The molecule has 3 nitrogen and oxygen atoms in total. The zero-order chi connectivity index (χ0) is 14.4. The predicted molar refractivity (Wildman–Crippen MR) is 80.8 cm³/mol. The van der Waals surface area contributed by atoms with Gasteiger partial charge in [-0.15, -0.1) is 0 Å². The third-order valence-electron chi connectivity index (χ3n) is 3.02. The lowest BCUT2D eigenvalue weighted by Gasteiger charge is -2.04. The summed E-state index contributed by atoms with van der Waals surface area (Å²) < 4.78 is 0. The summed E-state index contributed by atoms with van der Waals surface area (Å²) in [5.41, 5.74) is 1.01. The average molecular weight is 264 g/mol. The van der Waals surface area contributed by atoms with E-state index < -0.39 is 0 Å². The molecule has 0 atom stereocenters. The first-order valence-electron chi connectivity index (χ1n) is 6.64. The van der Waals surface area contributed by atoms with Crippen molar-refractivity contribution in [2.75, 3.05) is 6.54 Å². The van der Waals surface area contributed by atoms with E-state index in [4.69, 9.17) is 5.26 Å². The number of nitrogens with one attached hydrogen (secondary N) is 1. The van der Waals surface area contributed by atoms with Crippen LogP contribution in [0.15, 0.2) is 48.0 Å². The lowest BCUT2D eigenvalue weighted by Crippen LogP contribution is -2.25. The topological polar surface area (TPSA) is 52.9 Å². The SMILES string of the molecule is CCCNC(=O)/C(C#N)=C\c1cccc2ccccc12. The van der Waals surface area contributed by atoms with Gasteiger partial charge in [-0.05, 0) is 28.8 Å². The fraction of sp³-hybridized carbons (Fsp3) is 0.176. The molecule has 0 bridgehead atoms. The number of nitrogens with zero attached hydrogens (tertiary/aromatic N) is 1. The van der Waals surface area contributed by atoms with Crippen LogP contribution in [-0.4, -0.2) is 12.5 Å². The molecule has 0 heterocycles. The lowest BCUT2D eigenvalue weighted by atomic mass is 10.0. The molecule has 0 saturated heterocycles. The molecule has 1 N–H and O–H groups in total. The van der Waals surface area contributed by atoms with E-state index in [-0.39, 0.29) is 11.5 Å². The second kappa shape index (κ2) is 6.53. The van der Waals surface area contributed by atoms with Crippen molar-refractivity contribution in [1.82, 2.24) is 5.32 Å². The highest BCUT2D eigenvalue weighted by atomic mass is 16.1. The van der Waals surface area contributed by atoms with Crippen LogP contribution in [0.1, 0.15) is 18.9 Å². The molecule has 1 amide bonds. The number of amides is 1. The Bertz CT molecular complexity index is 690. The second-order valence-corrected chi connectivity index (χ2v) is 4.49. The average Bonchev–Trinajstić information content (AvgIpc) is 2.50. The number of rotatable bonds is 4. The Morgan fingerprint density at radius 1 is 1.25 bits per heavy atom. The van der Waals surface area contributed by atoms with Crippen LogP contribution in [0.4, 0.5) is 0 Å². The largest absolute Gasteiger partial charge is 0.351 e. The lowest BCUT2D eigenvalue weighted by molar-refractivity contribution is -0.117. The predicted octanol–water partition coefficient (Wildman–Crippen LogP) is 3.27. The maximum Gasteiger partial charge on any atom is 0.261 e. The van der Waals surface area contributed by atoms with Gasteiger partial charge in [-0.3, -0.25) is 4.79 Å². The summed E-state index contributed by atoms with van der Waals surface area (Å²) in [7, 11) is 0. The van der Waals surface area contributed by atoms with E-state index in [0.29, 0.717) is 6.54 Å². The highest BCUT2D eigenvalue weighted by Gasteiger charge is 2.08. The second-order valence-electron chi connectivity index (χ2n) is 4.49. The van der Waals surface area contributed by atoms with E-state index in [9.17, 15) is 4.79 Å². The van der Waals surface area contributed by atoms with Gasteiger partial charge in [0.05, 0.1) is 0 Å². The first-order valence-corrected chi connectivity index (χ1v) is 6.64. The Kier molecular flexibility index (Phi) is 4.52. The monoisotopic (exact) mass is 264 g/mol. The number of nitriles is 1. The van der Waals surface area contributed by atoms with Gasteiger partial charge in [0.1, 0.15) is 11.6 Å². The molecule has 2 rings (SSSR count). The minimum Gasteiger partial charge on any atom is -0.351 e. The van der Waals surface area contributed by atoms with E-state index in [0.717, 1.165) is 22.8 Å². The van der Waals surface area contributed by atoms with Crippen LogP contribution < -0.4 is 5.32 Å². The molecule has 100 valence electrons. The van der Waals surface area contributed by atoms with Crippen molar-refractivity contribution in [2.45, 2.75) is 13.3 Å². The molecule has 0 aromatic heterocycles. The molecule has 2 aromatic rings. The molecule has 0 spiro atoms. The Balaban J connectivity index is 2.40. The first-order chi connectivity index (χ1) is 9.76. The number of carbonyl (C=O) groups is 1. The van der Waals surface area contributed by atoms with E-state index in [1.54, 1.807) is 6.08 Å². The number of hydrogen-bond acceptors (Lipinski definition) is 2. The van der Waals surface area contributed by atoms with E-state index in [2.05, 4.69) is 5.32 Å². The summed E-state index contributed by atoms with van der Waals surface area (Å²) in [4.78, 5) is 11.9. The quantitative estimate of drug-likeness (QED) is 0.680. The molecule has 0 saturated carbocycles. The summed E-state index contributed by atoms with van der Waals surface area (Å²) in [6.45, 7) is 2.55. The molecule has 0 aliphatic rings. The first kappa shape index (κ1) is 13.8. The summed E-state index contributed by atoms with van der Waals surface area (Å²) in [5, 5.41) is 14.0. The van der Waals surface area contributed by atoms with E-state index >= 15 is 0 Å². The van der Waals surface area contributed by atoms with Crippen LogP contribution in [0.25, 0.3) is 16.8 Å². The highest BCUT2D eigenvalue weighted by Crippen LogP contribution is 2.20. The molecule has 20 heavy (non-hydrogen) atoms. The highest BCUT2D eigenvalue weighted by molar-refractivity contribution is 6.04. The molecular formula is C17H16N2O. The summed E-state index contributed by atoms with van der Waals surface area (Å²) in [5.74, 6) is -0.317. The van der Waals surface area contributed by atoms with Crippen molar-refractivity contribution in [3.63, 3.8) is 0 Å². The number of hydrogen-bond donors (Lipinski definition) is 1. The molecule has 3 heteroatoms. The third kappa shape index (κ3) is 3.04. The van der Waals surface area contributed by atoms with Crippen LogP contribution in [0, 0.1) is 11.3 Å². The standard InChI is InChI=1S/C17H16N2O/c1-2-10-19-17(20)15(12-18)11-14-8-5-7-13-6-3-4-9-16(13)14/h3-9,11H,2,10H2,1H3,(H,19,20)/b15-11-. The van der Waals surface area contributed by atoms with Crippen LogP contribution >= 0.6 is 0 Å². The van der Waals surface area contributed by atoms with Crippen molar-refractivity contribution >= 4 is 22.8 Å². The normalized spacial score (nSPS) is 11.1. The van der Waals surface area contributed by atoms with E-state index in [1.165, 1.54) is 0 Å².